The number of halogens is 2. The second kappa shape index (κ2) is 6.95. The standard InChI is InChI=1S/C16H11BrClN5O3S/c17-12-9-23(8-10-4-6-11(18)7-5-10)19-16(12)22-27(24,25)14-3-1-2-13-15(14)21-26-20-13/h1-7,9H,8H2,(H,19,22). The van der Waals surface area contributed by atoms with Crippen LogP contribution in [0.3, 0.4) is 0 Å². The third-order valence-corrected chi connectivity index (χ3v) is 5.95. The van der Waals surface area contributed by atoms with Gasteiger partial charge in [-0.25, -0.2) is 13.0 Å². The molecule has 2 aromatic heterocycles. The molecule has 4 aromatic rings. The lowest BCUT2D eigenvalue weighted by molar-refractivity contribution is 0.315. The molecule has 0 spiro atoms. The Labute approximate surface area is 167 Å². The zero-order valence-corrected chi connectivity index (χ0v) is 16.7. The molecule has 2 aromatic carbocycles. The van der Waals surface area contributed by atoms with Crippen molar-refractivity contribution in [2.45, 2.75) is 11.4 Å². The Bertz CT molecular complexity index is 1220. The van der Waals surface area contributed by atoms with Gasteiger partial charge in [0.2, 0.25) is 0 Å². The van der Waals surface area contributed by atoms with E-state index in [9.17, 15) is 8.42 Å². The van der Waals surface area contributed by atoms with Crippen LogP contribution in [0.1, 0.15) is 5.56 Å². The van der Waals surface area contributed by atoms with Crippen LogP contribution in [0.2, 0.25) is 5.02 Å². The fourth-order valence-electron chi connectivity index (χ4n) is 2.50. The molecule has 8 nitrogen and oxygen atoms in total. The molecule has 0 radical (unpaired) electrons. The highest BCUT2D eigenvalue weighted by molar-refractivity contribution is 9.10. The van der Waals surface area contributed by atoms with Crippen LogP contribution in [0.5, 0.6) is 0 Å². The normalized spacial score (nSPS) is 11.8. The van der Waals surface area contributed by atoms with Gasteiger partial charge in [0.15, 0.2) is 11.3 Å². The molecule has 0 fully saturated rings. The molecular formula is C16H11BrClN5O3S. The van der Waals surface area contributed by atoms with Crippen LogP contribution in [-0.2, 0) is 16.6 Å². The number of hydrogen-bond acceptors (Lipinski definition) is 6. The summed E-state index contributed by atoms with van der Waals surface area (Å²) in [5, 5.41) is 12.3. The monoisotopic (exact) mass is 467 g/mol. The van der Waals surface area contributed by atoms with Crippen LogP contribution in [0.25, 0.3) is 11.0 Å². The van der Waals surface area contributed by atoms with Crippen LogP contribution in [0.4, 0.5) is 5.82 Å². The molecule has 2 heterocycles. The molecular weight excluding hydrogens is 458 g/mol. The van der Waals surface area contributed by atoms with Crippen molar-refractivity contribution in [1.82, 2.24) is 20.1 Å². The van der Waals surface area contributed by atoms with Gasteiger partial charge < -0.3 is 0 Å². The van der Waals surface area contributed by atoms with E-state index in [2.05, 4.69) is 40.7 Å². The number of fused-ring (bicyclic) bond motifs is 1. The van der Waals surface area contributed by atoms with E-state index >= 15 is 0 Å². The van der Waals surface area contributed by atoms with Crippen LogP contribution in [-0.4, -0.2) is 28.5 Å². The van der Waals surface area contributed by atoms with Crippen LogP contribution in [0.15, 0.2) is 62.7 Å². The maximum absolute atomic E-state index is 12.8. The fraction of sp³-hybridized carbons (Fsp3) is 0.0625. The molecule has 0 saturated carbocycles. The van der Waals surface area contributed by atoms with E-state index in [0.717, 1.165) is 5.56 Å². The number of benzene rings is 2. The summed E-state index contributed by atoms with van der Waals surface area (Å²) in [6, 6.07) is 11.9. The summed E-state index contributed by atoms with van der Waals surface area (Å²) in [5.74, 6) is 0.164. The van der Waals surface area contributed by atoms with Gasteiger partial charge in [-0.3, -0.25) is 9.40 Å². The summed E-state index contributed by atoms with van der Waals surface area (Å²) in [5.41, 5.74) is 1.48. The van der Waals surface area contributed by atoms with Crippen molar-refractivity contribution in [3.63, 3.8) is 0 Å². The number of hydrogen-bond donors (Lipinski definition) is 1. The first-order chi connectivity index (χ1) is 12.9. The van der Waals surface area contributed by atoms with Gasteiger partial charge in [0.25, 0.3) is 10.0 Å². The summed E-state index contributed by atoms with van der Waals surface area (Å²) < 4.78 is 34.7. The maximum Gasteiger partial charge on any atom is 0.265 e. The topological polar surface area (TPSA) is 103 Å². The molecule has 4 rings (SSSR count). The van der Waals surface area contributed by atoms with Crippen molar-refractivity contribution in [2.24, 2.45) is 0 Å². The van der Waals surface area contributed by atoms with Gasteiger partial charge in [0.05, 0.1) is 11.0 Å². The Morgan fingerprint density at radius 3 is 2.70 bits per heavy atom. The third-order valence-electron chi connectivity index (χ3n) is 3.74. The van der Waals surface area contributed by atoms with Gasteiger partial charge in [0.1, 0.15) is 10.4 Å². The first kappa shape index (κ1) is 18.0. The molecule has 0 bridgehead atoms. The highest BCUT2D eigenvalue weighted by Crippen LogP contribution is 2.26. The molecule has 0 atom stereocenters. The van der Waals surface area contributed by atoms with E-state index < -0.39 is 10.0 Å². The Kier molecular flexibility index (Phi) is 4.62. The number of nitrogens with one attached hydrogen (secondary N) is 1. The van der Waals surface area contributed by atoms with Gasteiger partial charge in [0, 0.05) is 11.2 Å². The molecule has 11 heteroatoms. The van der Waals surface area contributed by atoms with Gasteiger partial charge >= 0.3 is 0 Å². The van der Waals surface area contributed by atoms with Crippen LogP contribution in [0, 0.1) is 0 Å². The molecule has 138 valence electrons. The first-order valence-corrected chi connectivity index (χ1v) is 10.3. The smallest absolute Gasteiger partial charge is 0.265 e. The number of rotatable bonds is 5. The van der Waals surface area contributed by atoms with Crippen LogP contribution >= 0.6 is 27.5 Å². The number of aromatic nitrogens is 4. The summed E-state index contributed by atoms with van der Waals surface area (Å²) in [7, 11) is -3.93. The van der Waals surface area contributed by atoms with Gasteiger partial charge in [-0.1, -0.05) is 29.8 Å². The lowest BCUT2D eigenvalue weighted by Gasteiger charge is -2.06. The second-order valence-electron chi connectivity index (χ2n) is 5.64. The van der Waals surface area contributed by atoms with Crippen molar-refractivity contribution in [3.8, 4) is 0 Å². The van der Waals surface area contributed by atoms with Gasteiger partial charge in [-0.2, -0.15) is 5.10 Å². The lowest BCUT2D eigenvalue weighted by Crippen LogP contribution is -2.14. The average Bonchev–Trinajstić information content (AvgIpc) is 3.23. The summed E-state index contributed by atoms with van der Waals surface area (Å²) in [6.07, 6.45) is 1.69. The Hall–Kier alpha value is -2.43. The van der Waals surface area contributed by atoms with Crippen molar-refractivity contribution in [1.29, 1.82) is 0 Å². The van der Waals surface area contributed by atoms with E-state index in [1.165, 1.54) is 6.07 Å². The van der Waals surface area contributed by atoms with Crippen molar-refractivity contribution in [2.75, 3.05) is 4.72 Å². The maximum atomic E-state index is 12.8. The molecule has 0 amide bonds. The zero-order chi connectivity index (χ0) is 19.0. The highest BCUT2D eigenvalue weighted by Gasteiger charge is 2.22. The van der Waals surface area contributed by atoms with Crippen molar-refractivity contribution in [3.05, 3.63) is 63.7 Å². The van der Waals surface area contributed by atoms with E-state index in [0.29, 0.717) is 21.6 Å². The number of sulfonamides is 1. The highest BCUT2D eigenvalue weighted by atomic mass is 79.9. The Morgan fingerprint density at radius 2 is 1.93 bits per heavy atom. The van der Waals surface area contributed by atoms with Gasteiger partial charge in [-0.05, 0) is 56.1 Å². The minimum absolute atomic E-state index is 0.0413. The van der Waals surface area contributed by atoms with E-state index in [1.807, 2.05) is 12.1 Å². The summed E-state index contributed by atoms with van der Waals surface area (Å²) in [6.45, 7) is 0.459. The molecule has 0 aliphatic carbocycles. The quantitative estimate of drug-likeness (QED) is 0.479. The first-order valence-electron chi connectivity index (χ1n) is 7.64. The Morgan fingerprint density at radius 1 is 1.15 bits per heavy atom. The second-order valence-corrected chi connectivity index (χ2v) is 8.58. The minimum Gasteiger partial charge on any atom is -0.265 e. The van der Waals surface area contributed by atoms with Gasteiger partial charge in [-0.15, -0.1) is 0 Å². The average molecular weight is 469 g/mol. The minimum atomic E-state index is -3.93. The van der Waals surface area contributed by atoms with Crippen LogP contribution < -0.4 is 4.72 Å². The molecule has 0 saturated heterocycles. The fourth-order valence-corrected chi connectivity index (χ4v) is 4.35. The number of anilines is 1. The van der Waals surface area contributed by atoms with E-state index in [1.54, 1.807) is 35.1 Å². The molecule has 27 heavy (non-hydrogen) atoms. The van der Waals surface area contributed by atoms with Crippen molar-refractivity contribution >= 4 is 54.4 Å². The SMILES string of the molecule is O=S(=O)(Nc1nn(Cc2ccc(Cl)cc2)cc1Br)c1cccc2nonc12. The molecule has 0 aliphatic rings. The largest absolute Gasteiger partial charge is 0.265 e. The molecule has 0 aliphatic heterocycles. The molecule has 1 N–H and O–H groups in total. The third kappa shape index (κ3) is 3.68. The summed E-state index contributed by atoms with van der Waals surface area (Å²) in [4.78, 5) is -0.0413. The zero-order valence-electron chi connectivity index (χ0n) is 13.5. The lowest BCUT2D eigenvalue weighted by atomic mass is 10.2. The molecule has 0 unspecified atom stereocenters. The summed E-state index contributed by atoms with van der Waals surface area (Å²) >= 11 is 9.22. The predicted molar refractivity (Wildman–Crippen MR) is 103 cm³/mol. The predicted octanol–water partition coefficient (Wildman–Crippen LogP) is 3.68. The van der Waals surface area contributed by atoms with E-state index in [4.69, 9.17) is 11.6 Å². The van der Waals surface area contributed by atoms with E-state index in [-0.39, 0.29) is 16.2 Å². The Balaban J connectivity index is 1.61. The van der Waals surface area contributed by atoms with Crippen molar-refractivity contribution < 1.29 is 13.0 Å². The number of nitrogens with zero attached hydrogens (tertiary/aromatic N) is 4.